The summed E-state index contributed by atoms with van der Waals surface area (Å²) in [5.74, 6) is -2.70. The monoisotopic (exact) mass is 440 g/mol. The summed E-state index contributed by atoms with van der Waals surface area (Å²) in [7, 11) is 5.26. The minimum atomic E-state index is -0.830. The SMILES string of the molecule is COC(=O)c1[nH]c(C)c(C([O-])=C2C(=O)C(=O)N(CCC[NH+](C)C)C2c2cccnc2)c1C. The molecule has 0 saturated carbocycles. The predicted molar refractivity (Wildman–Crippen MR) is 115 cm³/mol. The molecule has 0 aliphatic carbocycles. The number of ketones is 1. The van der Waals surface area contributed by atoms with Crippen LogP contribution in [0, 0.1) is 13.8 Å². The Bertz CT molecular complexity index is 1070. The fraction of sp³-hybridized carbons (Fsp3) is 0.391. The highest BCUT2D eigenvalue weighted by Crippen LogP contribution is 2.39. The van der Waals surface area contributed by atoms with Gasteiger partial charge in [0.1, 0.15) is 5.69 Å². The minimum absolute atomic E-state index is 0.123. The summed E-state index contributed by atoms with van der Waals surface area (Å²) in [4.78, 5) is 47.7. The maximum atomic E-state index is 13.6. The van der Waals surface area contributed by atoms with E-state index in [1.54, 1.807) is 38.4 Å². The Kier molecular flexibility index (Phi) is 6.78. The third-order valence-corrected chi connectivity index (χ3v) is 5.66. The van der Waals surface area contributed by atoms with Crippen molar-refractivity contribution in [1.29, 1.82) is 0 Å². The quantitative estimate of drug-likeness (QED) is 0.261. The van der Waals surface area contributed by atoms with E-state index in [9.17, 15) is 19.5 Å². The van der Waals surface area contributed by atoms with Crippen molar-refractivity contribution in [2.45, 2.75) is 26.3 Å². The lowest BCUT2D eigenvalue weighted by Crippen LogP contribution is -3.05. The van der Waals surface area contributed by atoms with Crippen LogP contribution in [0.5, 0.6) is 0 Å². The van der Waals surface area contributed by atoms with Gasteiger partial charge in [-0.25, -0.2) is 4.79 Å². The number of H-pyrrole nitrogens is 1. The van der Waals surface area contributed by atoms with E-state index in [1.165, 1.54) is 16.9 Å². The van der Waals surface area contributed by atoms with Gasteiger partial charge in [0, 0.05) is 36.6 Å². The molecule has 1 fully saturated rings. The number of esters is 1. The van der Waals surface area contributed by atoms with Crippen LogP contribution < -0.4 is 10.0 Å². The molecule has 3 rings (SSSR count). The number of aromatic nitrogens is 2. The summed E-state index contributed by atoms with van der Waals surface area (Å²) in [6, 6.07) is 2.62. The number of ether oxygens (including phenoxy) is 1. The number of carbonyl (C=O) groups is 3. The Hall–Kier alpha value is -3.46. The Morgan fingerprint density at radius 1 is 1.31 bits per heavy atom. The van der Waals surface area contributed by atoms with Gasteiger partial charge in [0.2, 0.25) is 5.78 Å². The molecule has 1 saturated heterocycles. The molecule has 170 valence electrons. The maximum Gasteiger partial charge on any atom is 0.354 e. The van der Waals surface area contributed by atoms with Crippen LogP contribution in [-0.4, -0.2) is 66.8 Å². The number of nitrogens with one attached hydrogen (secondary N) is 2. The smallest absolute Gasteiger partial charge is 0.354 e. The Morgan fingerprint density at radius 2 is 2.03 bits per heavy atom. The van der Waals surface area contributed by atoms with E-state index in [2.05, 4.69) is 9.97 Å². The Balaban J connectivity index is 2.15. The molecule has 0 spiro atoms. The number of hydrogen-bond acceptors (Lipinski definition) is 6. The average molecular weight is 441 g/mol. The zero-order valence-electron chi connectivity index (χ0n) is 18.9. The van der Waals surface area contributed by atoms with Crippen molar-refractivity contribution < 1.29 is 29.1 Å². The van der Waals surface area contributed by atoms with E-state index in [1.807, 2.05) is 14.1 Å². The molecule has 0 radical (unpaired) electrons. The van der Waals surface area contributed by atoms with E-state index < -0.39 is 29.5 Å². The molecule has 3 heterocycles. The molecular weight excluding hydrogens is 412 g/mol. The van der Waals surface area contributed by atoms with Gasteiger partial charge in [0.05, 0.1) is 33.8 Å². The summed E-state index contributed by atoms with van der Waals surface area (Å²) in [5, 5.41) is 13.6. The van der Waals surface area contributed by atoms with Crippen LogP contribution in [0.25, 0.3) is 5.76 Å². The van der Waals surface area contributed by atoms with Gasteiger partial charge < -0.3 is 24.6 Å². The molecule has 32 heavy (non-hydrogen) atoms. The average Bonchev–Trinajstić information content (AvgIpc) is 3.20. The van der Waals surface area contributed by atoms with E-state index in [0.717, 1.165) is 6.54 Å². The van der Waals surface area contributed by atoms with Crippen LogP contribution in [0.2, 0.25) is 0 Å². The van der Waals surface area contributed by atoms with Crippen LogP contribution >= 0.6 is 0 Å². The first-order valence-electron chi connectivity index (χ1n) is 10.4. The number of methoxy groups -OCH3 is 1. The van der Waals surface area contributed by atoms with Gasteiger partial charge >= 0.3 is 5.97 Å². The lowest BCUT2D eigenvalue weighted by molar-refractivity contribution is -0.858. The Morgan fingerprint density at radius 3 is 2.62 bits per heavy atom. The number of amides is 1. The van der Waals surface area contributed by atoms with Crippen molar-refractivity contribution in [1.82, 2.24) is 14.9 Å². The van der Waals surface area contributed by atoms with Gasteiger partial charge in [0.15, 0.2) is 0 Å². The second-order valence-corrected chi connectivity index (χ2v) is 8.19. The standard InChI is InChI=1S/C23H28N4O5/c1-13-16(14(2)25-18(13)23(31)32-5)20(28)17-19(15-8-6-9-24-12-15)27(22(30)21(17)29)11-7-10-26(3)4/h6,8-9,12,19,25,28H,7,10-11H2,1-5H3. The summed E-state index contributed by atoms with van der Waals surface area (Å²) in [6.07, 6.45) is 3.82. The Labute approximate surface area is 186 Å². The first-order chi connectivity index (χ1) is 15.2. The molecule has 0 aromatic carbocycles. The van der Waals surface area contributed by atoms with E-state index in [0.29, 0.717) is 29.8 Å². The summed E-state index contributed by atoms with van der Waals surface area (Å²) >= 11 is 0. The molecule has 1 amide bonds. The first kappa shape index (κ1) is 23.2. The highest BCUT2D eigenvalue weighted by Gasteiger charge is 2.44. The van der Waals surface area contributed by atoms with Gasteiger partial charge in [-0.2, -0.15) is 0 Å². The lowest BCUT2D eigenvalue weighted by atomic mass is 9.95. The first-order valence-corrected chi connectivity index (χ1v) is 10.4. The molecule has 0 bridgehead atoms. The van der Waals surface area contributed by atoms with Gasteiger partial charge in [-0.1, -0.05) is 11.8 Å². The zero-order valence-corrected chi connectivity index (χ0v) is 18.9. The molecule has 2 aromatic heterocycles. The summed E-state index contributed by atoms with van der Waals surface area (Å²) in [6.45, 7) is 4.40. The van der Waals surface area contributed by atoms with Gasteiger partial charge in [-0.15, -0.1) is 0 Å². The van der Waals surface area contributed by atoms with Crippen LogP contribution in [0.4, 0.5) is 0 Å². The summed E-state index contributed by atoms with van der Waals surface area (Å²) < 4.78 is 4.77. The lowest BCUT2D eigenvalue weighted by Gasteiger charge is -2.27. The zero-order chi connectivity index (χ0) is 23.6. The van der Waals surface area contributed by atoms with Crippen molar-refractivity contribution in [3.63, 3.8) is 0 Å². The number of pyridine rings is 1. The number of rotatable bonds is 7. The molecule has 9 heteroatoms. The predicted octanol–water partition coefficient (Wildman–Crippen LogP) is -0.428. The molecule has 1 unspecified atom stereocenters. The maximum absolute atomic E-state index is 13.6. The normalized spacial score (nSPS) is 17.9. The highest BCUT2D eigenvalue weighted by atomic mass is 16.5. The minimum Gasteiger partial charge on any atom is -0.872 e. The number of hydrogen-bond donors (Lipinski definition) is 2. The van der Waals surface area contributed by atoms with Crippen molar-refractivity contribution in [3.05, 3.63) is 58.2 Å². The van der Waals surface area contributed by atoms with Crippen LogP contribution in [0.3, 0.4) is 0 Å². The molecule has 2 N–H and O–H groups in total. The van der Waals surface area contributed by atoms with Crippen molar-refractivity contribution in [3.8, 4) is 0 Å². The molecule has 1 aliphatic heterocycles. The molecule has 9 nitrogen and oxygen atoms in total. The van der Waals surface area contributed by atoms with Gasteiger partial charge in [-0.3, -0.25) is 14.6 Å². The van der Waals surface area contributed by atoms with Crippen LogP contribution in [0.15, 0.2) is 30.1 Å². The van der Waals surface area contributed by atoms with E-state index in [4.69, 9.17) is 4.74 Å². The fourth-order valence-electron chi connectivity index (χ4n) is 4.12. The largest absolute Gasteiger partial charge is 0.872 e. The number of Topliss-reactive ketones (excluding diaryl/α,β-unsaturated/α-hetero) is 1. The number of carbonyl (C=O) groups excluding carboxylic acids is 3. The number of nitrogens with zero attached hydrogens (tertiary/aromatic N) is 2. The highest BCUT2D eigenvalue weighted by molar-refractivity contribution is 6.46. The summed E-state index contributed by atoms with van der Waals surface area (Å²) in [5.41, 5.74) is 1.63. The number of quaternary nitrogens is 1. The van der Waals surface area contributed by atoms with Gasteiger partial charge in [-0.05, 0) is 36.6 Å². The molecule has 1 aliphatic rings. The number of likely N-dealkylation sites (tertiary alicyclic amines) is 1. The van der Waals surface area contributed by atoms with Crippen LogP contribution in [0.1, 0.15) is 45.3 Å². The van der Waals surface area contributed by atoms with Crippen molar-refractivity contribution in [2.75, 3.05) is 34.3 Å². The molecular formula is C23H28N4O5. The fourth-order valence-corrected chi connectivity index (χ4v) is 4.12. The third-order valence-electron chi connectivity index (χ3n) is 5.66. The number of aryl methyl sites for hydroxylation is 1. The van der Waals surface area contributed by atoms with Crippen LogP contribution in [-0.2, 0) is 14.3 Å². The van der Waals surface area contributed by atoms with Gasteiger partial charge in [0.25, 0.3) is 5.91 Å². The second-order valence-electron chi connectivity index (χ2n) is 8.19. The molecule has 1 atom stereocenters. The van der Waals surface area contributed by atoms with Crippen molar-refractivity contribution >= 4 is 23.4 Å². The van der Waals surface area contributed by atoms with E-state index in [-0.39, 0.29) is 16.8 Å². The van der Waals surface area contributed by atoms with Crippen molar-refractivity contribution in [2.24, 2.45) is 0 Å². The van der Waals surface area contributed by atoms with E-state index >= 15 is 0 Å². The third kappa shape index (κ3) is 4.16. The number of aromatic amines is 1. The molecule has 2 aromatic rings. The topological polar surface area (TPSA) is 120 Å². The second kappa shape index (κ2) is 9.35.